The number of hydrogen-bond donors (Lipinski definition) is 4. The van der Waals surface area contributed by atoms with Gasteiger partial charge in [0.1, 0.15) is 24.0 Å². The molecule has 0 aliphatic carbocycles. The van der Waals surface area contributed by atoms with E-state index in [1.54, 1.807) is 6.92 Å². The molecule has 2 aromatic heterocycles. The zero-order valence-corrected chi connectivity index (χ0v) is 11.6. The third kappa shape index (κ3) is 2.24. The number of aromatic amines is 1. The second kappa shape index (κ2) is 5.29. The number of ether oxygens (including phenoxy) is 1. The molecule has 1 aliphatic heterocycles. The molecule has 3 rings (SSSR count). The molecular weight excluding hydrogens is 294 g/mol. The number of H-pyrrole nitrogens is 1. The molecule has 1 saturated heterocycles. The van der Waals surface area contributed by atoms with Crippen molar-refractivity contribution in [2.75, 3.05) is 6.61 Å². The highest BCUT2D eigenvalue weighted by atomic mass is 16.6. The molecule has 0 bridgehead atoms. The van der Waals surface area contributed by atoms with Gasteiger partial charge in [0.15, 0.2) is 6.23 Å². The van der Waals surface area contributed by atoms with Gasteiger partial charge in [-0.25, -0.2) is 4.79 Å². The Balaban J connectivity index is 2.14. The first-order valence-corrected chi connectivity index (χ1v) is 6.67. The van der Waals surface area contributed by atoms with Gasteiger partial charge in [-0.3, -0.25) is 9.36 Å². The molecule has 9 nitrogen and oxygen atoms in total. The summed E-state index contributed by atoms with van der Waals surface area (Å²) in [4.78, 5) is 29.7. The van der Waals surface area contributed by atoms with Crippen LogP contribution in [0.15, 0.2) is 21.9 Å². The van der Waals surface area contributed by atoms with Crippen molar-refractivity contribution in [3.63, 3.8) is 0 Å². The van der Waals surface area contributed by atoms with Gasteiger partial charge in [-0.15, -0.1) is 0 Å². The number of nitrogens with zero attached hydrogens (tertiary/aromatic N) is 2. The lowest BCUT2D eigenvalue weighted by molar-refractivity contribution is -0.0547. The predicted octanol–water partition coefficient (Wildman–Crippen LogP) is -2.00. The van der Waals surface area contributed by atoms with Gasteiger partial charge in [-0.05, 0) is 12.5 Å². The Morgan fingerprint density at radius 1 is 1.36 bits per heavy atom. The Hall–Kier alpha value is -2.07. The van der Waals surface area contributed by atoms with Crippen molar-refractivity contribution in [1.29, 1.82) is 0 Å². The predicted molar refractivity (Wildman–Crippen MR) is 74.4 cm³/mol. The number of aryl methyl sites for hydroxylation is 1. The van der Waals surface area contributed by atoms with Crippen LogP contribution in [0.1, 0.15) is 11.8 Å². The van der Waals surface area contributed by atoms with Crippen molar-refractivity contribution in [3.8, 4) is 0 Å². The summed E-state index contributed by atoms with van der Waals surface area (Å²) in [5.74, 6) is 0. The zero-order valence-electron chi connectivity index (χ0n) is 11.6. The molecule has 4 unspecified atom stereocenters. The number of pyridine rings is 1. The molecule has 118 valence electrons. The van der Waals surface area contributed by atoms with Crippen LogP contribution in [0.2, 0.25) is 0 Å². The molecule has 0 aromatic carbocycles. The fourth-order valence-electron chi connectivity index (χ4n) is 2.57. The smallest absolute Gasteiger partial charge is 0.351 e. The van der Waals surface area contributed by atoms with Crippen molar-refractivity contribution in [3.05, 3.63) is 38.7 Å². The molecule has 4 N–H and O–H groups in total. The minimum atomic E-state index is -1.38. The molecule has 1 fully saturated rings. The van der Waals surface area contributed by atoms with Crippen molar-refractivity contribution in [2.24, 2.45) is 0 Å². The van der Waals surface area contributed by atoms with E-state index < -0.39 is 36.8 Å². The Labute approximate surface area is 123 Å². The normalized spacial score (nSPS) is 28.4. The van der Waals surface area contributed by atoms with Crippen molar-refractivity contribution < 1.29 is 20.1 Å². The second-order valence-electron chi connectivity index (χ2n) is 5.24. The number of aromatic nitrogens is 3. The van der Waals surface area contributed by atoms with Gasteiger partial charge in [0.2, 0.25) is 5.56 Å². The minimum Gasteiger partial charge on any atom is -0.394 e. The van der Waals surface area contributed by atoms with Crippen LogP contribution in [0, 0.1) is 6.92 Å². The monoisotopic (exact) mass is 309 g/mol. The zero-order chi connectivity index (χ0) is 16.0. The summed E-state index contributed by atoms with van der Waals surface area (Å²) in [6, 6.07) is 1.36. The van der Waals surface area contributed by atoms with Crippen LogP contribution >= 0.6 is 0 Å². The summed E-state index contributed by atoms with van der Waals surface area (Å²) in [5, 5.41) is 29.4. The van der Waals surface area contributed by atoms with E-state index in [0.29, 0.717) is 10.9 Å². The maximum absolute atomic E-state index is 12.1. The summed E-state index contributed by atoms with van der Waals surface area (Å²) in [7, 11) is 0. The molecule has 3 heterocycles. The van der Waals surface area contributed by atoms with Crippen LogP contribution in [-0.4, -0.2) is 54.8 Å². The summed E-state index contributed by atoms with van der Waals surface area (Å²) < 4.78 is 6.35. The summed E-state index contributed by atoms with van der Waals surface area (Å²) in [6.07, 6.45) is -3.44. The third-order valence-corrected chi connectivity index (χ3v) is 3.76. The molecule has 1 aliphatic rings. The molecular formula is C13H15N3O6. The fourth-order valence-corrected chi connectivity index (χ4v) is 2.57. The third-order valence-electron chi connectivity index (χ3n) is 3.76. The van der Waals surface area contributed by atoms with Gasteiger partial charge >= 0.3 is 5.69 Å². The largest absolute Gasteiger partial charge is 0.394 e. The molecule has 9 heteroatoms. The minimum absolute atomic E-state index is 0.137. The SMILES string of the molecule is Cc1cc(=O)[nH]c2nc(=O)n(C3OC(CO)C(O)C3O)cc12. The number of hydrogen-bond acceptors (Lipinski definition) is 7. The Kier molecular flexibility index (Phi) is 3.57. The Morgan fingerprint density at radius 3 is 2.73 bits per heavy atom. The number of aliphatic hydroxyl groups is 3. The van der Waals surface area contributed by atoms with Gasteiger partial charge in [-0.2, -0.15) is 4.98 Å². The van der Waals surface area contributed by atoms with Gasteiger partial charge in [0, 0.05) is 17.6 Å². The topological polar surface area (TPSA) is 138 Å². The molecule has 0 saturated carbocycles. The van der Waals surface area contributed by atoms with Crippen molar-refractivity contribution >= 4 is 11.0 Å². The molecule has 0 spiro atoms. The lowest BCUT2D eigenvalue weighted by Crippen LogP contribution is -2.36. The number of fused-ring (bicyclic) bond motifs is 1. The maximum Gasteiger partial charge on any atom is 0.351 e. The maximum atomic E-state index is 12.1. The molecule has 0 amide bonds. The Bertz CT molecular complexity index is 829. The number of rotatable bonds is 2. The van der Waals surface area contributed by atoms with E-state index in [4.69, 9.17) is 9.84 Å². The highest BCUT2D eigenvalue weighted by molar-refractivity contribution is 5.76. The van der Waals surface area contributed by atoms with Crippen LogP contribution in [0.25, 0.3) is 11.0 Å². The summed E-state index contributed by atoms with van der Waals surface area (Å²) in [6.45, 7) is 1.20. The summed E-state index contributed by atoms with van der Waals surface area (Å²) >= 11 is 0. The number of aliphatic hydroxyl groups excluding tert-OH is 3. The average Bonchev–Trinajstić information content (AvgIpc) is 2.74. The van der Waals surface area contributed by atoms with Crippen molar-refractivity contribution in [2.45, 2.75) is 31.5 Å². The van der Waals surface area contributed by atoms with Crippen LogP contribution in [0.5, 0.6) is 0 Å². The quantitative estimate of drug-likeness (QED) is 0.503. The van der Waals surface area contributed by atoms with Gasteiger partial charge in [0.25, 0.3) is 0 Å². The lowest BCUT2D eigenvalue weighted by Gasteiger charge is -2.17. The van der Waals surface area contributed by atoms with Crippen LogP contribution in [-0.2, 0) is 4.74 Å². The van der Waals surface area contributed by atoms with E-state index in [9.17, 15) is 19.8 Å². The van der Waals surface area contributed by atoms with E-state index in [2.05, 4.69) is 9.97 Å². The first-order valence-electron chi connectivity index (χ1n) is 6.67. The van der Waals surface area contributed by atoms with Crippen LogP contribution in [0.3, 0.4) is 0 Å². The average molecular weight is 309 g/mol. The lowest BCUT2D eigenvalue weighted by atomic mass is 10.1. The molecule has 22 heavy (non-hydrogen) atoms. The van der Waals surface area contributed by atoms with Crippen LogP contribution < -0.4 is 11.2 Å². The van der Waals surface area contributed by atoms with Gasteiger partial charge in [-0.1, -0.05) is 0 Å². The van der Waals surface area contributed by atoms with Gasteiger partial charge in [0.05, 0.1) is 6.61 Å². The molecule has 0 radical (unpaired) electrons. The summed E-state index contributed by atoms with van der Waals surface area (Å²) in [5.41, 5.74) is -0.379. The van der Waals surface area contributed by atoms with Crippen molar-refractivity contribution in [1.82, 2.24) is 14.5 Å². The highest BCUT2D eigenvalue weighted by Crippen LogP contribution is 2.28. The van der Waals surface area contributed by atoms with Crippen LogP contribution in [0.4, 0.5) is 0 Å². The number of nitrogens with one attached hydrogen (secondary N) is 1. The second-order valence-corrected chi connectivity index (χ2v) is 5.24. The van der Waals surface area contributed by atoms with E-state index >= 15 is 0 Å². The van der Waals surface area contributed by atoms with Gasteiger partial charge < -0.3 is 25.0 Å². The van der Waals surface area contributed by atoms with E-state index in [0.717, 1.165) is 4.57 Å². The fraction of sp³-hybridized carbons (Fsp3) is 0.462. The van der Waals surface area contributed by atoms with E-state index in [1.165, 1.54) is 12.3 Å². The first-order chi connectivity index (χ1) is 10.4. The highest BCUT2D eigenvalue weighted by Gasteiger charge is 2.43. The Morgan fingerprint density at radius 2 is 2.09 bits per heavy atom. The first kappa shape index (κ1) is 14.9. The van der Waals surface area contributed by atoms with E-state index in [-0.39, 0.29) is 11.2 Å². The molecule has 2 aromatic rings. The van der Waals surface area contributed by atoms with E-state index in [1.807, 2.05) is 0 Å². The molecule has 4 atom stereocenters. The standard InChI is InChI=1S/C13H15N3O6/c1-5-2-8(18)14-11-6(5)3-16(13(21)15-11)12-10(20)9(19)7(4-17)22-12/h2-3,7,9-10,12,17,19-20H,4H2,1H3,(H,14,15,18,21).